The average molecular weight is 382 g/mol. The van der Waals surface area contributed by atoms with Crippen LogP contribution in [0.2, 0.25) is 0 Å². The highest BCUT2D eigenvalue weighted by Gasteiger charge is 2.33. The van der Waals surface area contributed by atoms with Crippen LogP contribution in [0.25, 0.3) is 0 Å². The van der Waals surface area contributed by atoms with Crippen LogP contribution in [0, 0.1) is 5.41 Å². The van der Waals surface area contributed by atoms with E-state index in [1.807, 2.05) is 18.2 Å². The maximum absolute atomic E-state index is 12.2. The molecule has 0 amide bonds. The Morgan fingerprint density at radius 2 is 2.10 bits per heavy atom. The number of hydrogen-bond donors (Lipinski definition) is 0. The Morgan fingerprint density at radius 3 is 2.86 bits per heavy atom. The molecule has 1 heterocycles. The minimum atomic E-state index is 0.0467. The summed E-state index contributed by atoms with van der Waals surface area (Å²) in [7, 11) is 0. The van der Waals surface area contributed by atoms with E-state index in [2.05, 4.69) is 35.8 Å². The number of fused-ring (bicyclic) bond motifs is 1. The molecular weight excluding hydrogens is 366 g/mol. The van der Waals surface area contributed by atoms with Crippen molar-refractivity contribution >= 4 is 44.8 Å². The minimum absolute atomic E-state index is 0.0467. The number of carbonyl (C=O) groups is 1. The second kappa shape index (κ2) is 5.86. The van der Waals surface area contributed by atoms with Gasteiger partial charge in [0.1, 0.15) is 5.01 Å². The first kappa shape index (κ1) is 15.3. The van der Waals surface area contributed by atoms with Crippen LogP contribution in [0.1, 0.15) is 40.6 Å². The lowest BCUT2D eigenvalue weighted by Gasteiger charge is -2.26. The minimum Gasteiger partial charge on any atom is -0.293 e. The molecular formula is C16H16BrNOS2. The third kappa shape index (κ3) is 3.41. The first-order valence-electron chi connectivity index (χ1n) is 6.84. The molecule has 0 saturated heterocycles. The first-order valence-corrected chi connectivity index (χ1v) is 9.43. The van der Waals surface area contributed by atoms with Crippen LogP contribution in [0.4, 0.5) is 0 Å². The van der Waals surface area contributed by atoms with Gasteiger partial charge >= 0.3 is 0 Å². The summed E-state index contributed by atoms with van der Waals surface area (Å²) in [6, 6.07) is 8.18. The van der Waals surface area contributed by atoms with Crippen LogP contribution < -0.4 is 0 Å². The van der Waals surface area contributed by atoms with Gasteiger partial charge in [-0.25, -0.2) is 4.98 Å². The van der Waals surface area contributed by atoms with Crippen LogP contribution in [-0.4, -0.2) is 10.8 Å². The number of hydrogen-bond acceptors (Lipinski definition) is 4. The highest BCUT2D eigenvalue weighted by atomic mass is 79.9. The molecule has 110 valence electrons. The van der Waals surface area contributed by atoms with Gasteiger partial charge in [-0.1, -0.05) is 26.0 Å². The maximum atomic E-state index is 12.2. The van der Waals surface area contributed by atoms with Gasteiger partial charge in [-0.05, 0) is 39.9 Å². The smallest absolute Gasteiger partial charge is 0.175 e. The number of Topliss-reactive ketones (excluding diaryl/α,β-unsaturated/α-hetero) is 1. The Morgan fingerprint density at radius 1 is 1.33 bits per heavy atom. The van der Waals surface area contributed by atoms with Gasteiger partial charge < -0.3 is 0 Å². The molecule has 1 aliphatic carbocycles. The number of halogens is 1. The van der Waals surface area contributed by atoms with Gasteiger partial charge in [0.05, 0.1) is 16.3 Å². The standard InChI is InChI=1S/C16H16BrNOS2/c1-16(2)7-11-15(12(19)8-16)21-14(18-11)9-20-13-6-4-3-5-10(13)17/h3-6H,7-9H2,1-2H3. The topological polar surface area (TPSA) is 30.0 Å². The molecule has 5 heteroatoms. The fourth-order valence-corrected chi connectivity index (χ4v) is 5.11. The van der Waals surface area contributed by atoms with Gasteiger partial charge in [-0.3, -0.25) is 4.79 Å². The van der Waals surface area contributed by atoms with Crippen molar-refractivity contribution in [1.29, 1.82) is 0 Å². The molecule has 0 N–H and O–H groups in total. The molecule has 0 saturated carbocycles. The summed E-state index contributed by atoms with van der Waals surface area (Å²) in [6.07, 6.45) is 1.54. The lowest BCUT2D eigenvalue weighted by Crippen LogP contribution is -2.25. The number of benzene rings is 1. The number of rotatable bonds is 3. The number of ketones is 1. The molecule has 1 aromatic heterocycles. The van der Waals surface area contributed by atoms with E-state index >= 15 is 0 Å². The van der Waals surface area contributed by atoms with E-state index in [0.29, 0.717) is 6.42 Å². The molecule has 3 rings (SSSR count). The van der Waals surface area contributed by atoms with Crippen molar-refractivity contribution in [3.63, 3.8) is 0 Å². The van der Waals surface area contributed by atoms with Crippen molar-refractivity contribution in [3.05, 3.63) is 44.3 Å². The van der Waals surface area contributed by atoms with Gasteiger partial charge in [-0.2, -0.15) is 0 Å². The van der Waals surface area contributed by atoms with Crippen LogP contribution in [0.5, 0.6) is 0 Å². The third-order valence-electron chi connectivity index (χ3n) is 3.47. The van der Waals surface area contributed by atoms with E-state index < -0.39 is 0 Å². The predicted octanol–water partition coefficient (Wildman–Crippen LogP) is 5.35. The number of nitrogens with zero attached hydrogens (tertiary/aromatic N) is 1. The molecule has 0 spiro atoms. The van der Waals surface area contributed by atoms with E-state index in [4.69, 9.17) is 4.98 Å². The molecule has 0 bridgehead atoms. The predicted molar refractivity (Wildman–Crippen MR) is 92.2 cm³/mol. The molecule has 1 aliphatic rings. The van der Waals surface area contributed by atoms with Gasteiger partial charge in [0, 0.05) is 15.8 Å². The van der Waals surface area contributed by atoms with Crippen molar-refractivity contribution in [2.24, 2.45) is 5.41 Å². The van der Waals surface area contributed by atoms with E-state index in [9.17, 15) is 4.79 Å². The van der Waals surface area contributed by atoms with Crippen molar-refractivity contribution in [2.75, 3.05) is 0 Å². The summed E-state index contributed by atoms with van der Waals surface area (Å²) in [5.74, 6) is 1.07. The van der Waals surface area contributed by atoms with Gasteiger partial charge in [0.25, 0.3) is 0 Å². The van der Waals surface area contributed by atoms with E-state index in [1.165, 1.54) is 4.90 Å². The number of thiazole rings is 1. The van der Waals surface area contributed by atoms with Crippen LogP contribution in [0.15, 0.2) is 33.6 Å². The van der Waals surface area contributed by atoms with Crippen molar-refractivity contribution in [1.82, 2.24) is 4.98 Å². The zero-order valence-corrected chi connectivity index (χ0v) is 15.2. The molecule has 21 heavy (non-hydrogen) atoms. The zero-order valence-electron chi connectivity index (χ0n) is 12.0. The summed E-state index contributed by atoms with van der Waals surface area (Å²) >= 11 is 6.89. The highest BCUT2D eigenvalue weighted by Crippen LogP contribution is 2.38. The van der Waals surface area contributed by atoms with Gasteiger partial charge in [0.2, 0.25) is 0 Å². The Hall–Kier alpha value is -0.650. The summed E-state index contributed by atoms with van der Waals surface area (Å²) in [6.45, 7) is 4.28. The molecule has 1 aromatic carbocycles. The number of thioether (sulfide) groups is 1. The molecule has 0 atom stereocenters. The van der Waals surface area contributed by atoms with Crippen LogP contribution in [-0.2, 0) is 12.2 Å². The van der Waals surface area contributed by atoms with Crippen LogP contribution >= 0.6 is 39.0 Å². The van der Waals surface area contributed by atoms with E-state index in [1.54, 1.807) is 23.1 Å². The third-order valence-corrected chi connectivity index (χ3v) is 6.83. The number of carbonyl (C=O) groups excluding carboxylic acids is 1. The summed E-state index contributed by atoms with van der Waals surface area (Å²) in [5.41, 5.74) is 1.05. The SMILES string of the molecule is CC1(C)CC(=O)c2sc(CSc3ccccc3Br)nc2C1. The second-order valence-electron chi connectivity index (χ2n) is 6.04. The van der Waals surface area contributed by atoms with E-state index in [-0.39, 0.29) is 11.2 Å². The van der Waals surface area contributed by atoms with Gasteiger partial charge in [0.15, 0.2) is 5.78 Å². The quantitative estimate of drug-likeness (QED) is 0.670. The zero-order chi connectivity index (χ0) is 15.0. The van der Waals surface area contributed by atoms with Crippen molar-refractivity contribution in [3.8, 4) is 0 Å². The number of aromatic nitrogens is 1. The fraction of sp³-hybridized carbons (Fsp3) is 0.375. The van der Waals surface area contributed by atoms with E-state index in [0.717, 1.165) is 32.2 Å². The largest absolute Gasteiger partial charge is 0.293 e. The summed E-state index contributed by atoms with van der Waals surface area (Å²) in [4.78, 5) is 19.0. The second-order valence-corrected chi connectivity index (χ2v) is 9.00. The fourth-order valence-electron chi connectivity index (χ4n) is 2.53. The lowest BCUT2D eigenvalue weighted by atomic mass is 9.78. The molecule has 0 aliphatic heterocycles. The molecule has 2 nitrogen and oxygen atoms in total. The molecule has 0 unspecified atom stereocenters. The molecule has 0 fully saturated rings. The lowest BCUT2D eigenvalue weighted by molar-refractivity contribution is 0.0916. The molecule has 2 aromatic rings. The average Bonchev–Trinajstić information content (AvgIpc) is 2.79. The monoisotopic (exact) mass is 381 g/mol. The van der Waals surface area contributed by atoms with Crippen LogP contribution in [0.3, 0.4) is 0 Å². The summed E-state index contributed by atoms with van der Waals surface area (Å²) < 4.78 is 1.11. The Kier molecular flexibility index (Phi) is 4.26. The Balaban J connectivity index is 1.77. The van der Waals surface area contributed by atoms with Gasteiger partial charge in [-0.15, -0.1) is 23.1 Å². The van der Waals surface area contributed by atoms with Crippen molar-refractivity contribution < 1.29 is 4.79 Å². The Bertz CT molecular complexity index is 693. The first-order chi connectivity index (χ1) is 9.94. The van der Waals surface area contributed by atoms with Crippen molar-refractivity contribution in [2.45, 2.75) is 37.3 Å². The maximum Gasteiger partial charge on any atom is 0.175 e. The highest BCUT2D eigenvalue weighted by molar-refractivity contribution is 9.10. The summed E-state index contributed by atoms with van der Waals surface area (Å²) in [5, 5.41) is 1.05. The normalized spacial score (nSPS) is 16.8. The molecule has 0 radical (unpaired) electrons. The Labute approximate surface area is 141 Å².